The molecule has 2 aromatic carbocycles. The fraction of sp³-hybridized carbons (Fsp3) is 0.429. The molecule has 2 N–H and O–H groups in total. The zero-order chi connectivity index (χ0) is 19.2. The number of hydrogen-bond acceptors (Lipinski definition) is 5. The summed E-state index contributed by atoms with van der Waals surface area (Å²) in [5.74, 6) is 2.62. The second kappa shape index (κ2) is 10.8. The van der Waals surface area contributed by atoms with Gasteiger partial charge in [-0.15, -0.1) is 12.4 Å². The van der Waals surface area contributed by atoms with E-state index in [0.29, 0.717) is 35.7 Å². The van der Waals surface area contributed by atoms with Crippen molar-refractivity contribution < 1.29 is 14.2 Å². The van der Waals surface area contributed by atoms with Gasteiger partial charge in [-0.3, -0.25) is 4.90 Å². The van der Waals surface area contributed by atoms with Crippen molar-refractivity contribution in [1.82, 2.24) is 4.90 Å². The number of rotatable bonds is 8. The average molecular weight is 427 g/mol. The van der Waals surface area contributed by atoms with Crippen molar-refractivity contribution in [2.24, 2.45) is 11.7 Å². The number of nitrogens with two attached hydrogens (primary N) is 1. The van der Waals surface area contributed by atoms with Crippen LogP contribution in [0.2, 0.25) is 5.02 Å². The highest BCUT2D eigenvalue weighted by atomic mass is 35.5. The van der Waals surface area contributed by atoms with E-state index in [1.165, 1.54) is 5.56 Å². The maximum Gasteiger partial charge on any atom is 0.161 e. The summed E-state index contributed by atoms with van der Waals surface area (Å²) >= 11 is 6.08. The molecule has 0 amide bonds. The zero-order valence-electron chi connectivity index (χ0n) is 16.3. The minimum atomic E-state index is 0. The van der Waals surface area contributed by atoms with Gasteiger partial charge < -0.3 is 19.9 Å². The lowest BCUT2D eigenvalue weighted by Crippen LogP contribution is -2.28. The number of ether oxygens (including phenoxy) is 3. The molecule has 3 rings (SSSR count). The summed E-state index contributed by atoms with van der Waals surface area (Å²) in [6.45, 7) is 5.83. The van der Waals surface area contributed by atoms with Gasteiger partial charge >= 0.3 is 0 Å². The van der Waals surface area contributed by atoms with E-state index in [9.17, 15) is 0 Å². The van der Waals surface area contributed by atoms with Gasteiger partial charge in [0.2, 0.25) is 0 Å². The first kappa shape index (κ1) is 22.6. The van der Waals surface area contributed by atoms with E-state index in [1.807, 2.05) is 30.3 Å². The van der Waals surface area contributed by atoms with E-state index >= 15 is 0 Å². The molecule has 2 aromatic rings. The van der Waals surface area contributed by atoms with Crippen molar-refractivity contribution in [2.75, 3.05) is 33.4 Å². The molecular formula is C21H28Cl2N2O3. The molecule has 5 nitrogen and oxygen atoms in total. The number of halogens is 2. The third-order valence-corrected chi connectivity index (χ3v) is 5.13. The predicted molar refractivity (Wildman–Crippen MR) is 115 cm³/mol. The summed E-state index contributed by atoms with van der Waals surface area (Å²) in [7, 11) is 1.65. The molecule has 2 unspecified atom stereocenters. The number of hydrogen-bond donors (Lipinski definition) is 1. The molecule has 1 fully saturated rings. The molecule has 154 valence electrons. The van der Waals surface area contributed by atoms with E-state index in [4.69, 9.17) is 31.5 Å². The molecule has 1 aliphatic rings. The first-order chi connectivity index (χ1) is 13.1. The van der Waals surface area contributed by atoms with Crippen molar-refractivity contribution in [3.05, 3.63) is 53.1 Å². The Bertz CT molecular complexity index is 750. The molecule has 0 aliphatic carbocycles. The summed E-state index contributed by atoms with van der Waals surface area (Å²) in [6, 6.07) is 13.7. The highest BCUT2D eigenvalue weighted by Gasteiger charge is 2.26. The van der Waals surface area contributed by atoms with Crippen LogP contribution in [0.25, 0.3) is 0 Å². The van der Waals surface area contributed by atoms with Crippen LogP contribution in [0.5, 0.6) is 17.2 Å². The van der Waals surface area contributed by atoms with Crippen LogP contribution in [0.1, 0.15) is 12.5 Å². The SMILES string of the molecule is COc1cc(CN2CC(C)C(N)C2)ccc1OCCOc1ccccc1Cl.Cl. The molecule has 0 spiro atoms. The van der Waals surface area contributed by atoms with Gasteiger partial charge in [0.15, 0.2) is 11.5 Å². The first-order valence-corrected chi connectivity index (χ1v) is 9.59. The number of likely N-dealkylation sites (tertiary alicyclic amines) is 1. The lowest BCUT2D eigenvalue weighted by molar-refractivity contribution is 0.211. The van der Waals surface area contributed by atoms with Crippen molar-refractivity contribution in [3.8, 4) is 17.2 Å². The van der Waals surface area contributed by atoms with Gasteiger partial charge in [0, 0.05) is 25.7 Å². The Kier molecular flexibility index (Phi) is 8.70. The van der Waals surface area contributed by atoms with Crippen LogP contribution >= 0.6 is 24.0 Å². The van der Waals surface area contributed by atoms with E-state index in [1.54, 1.807) is 13.2 Å². The molecule has 0 aromatic heterocycles. The van der Waals surface area contributed by atoms with E-state index in [-0.39, 0.29) is 18.4 Å². The van der Waals surface area contributed by atoms with Crippen molar-refractivity contribution in [1.29, 1.82) is 0 Å². The van der Waals surface area contributed by atoms with Crippen LogP contribution in [0.4, 0.5) is 0 Å². The van der Waals surface area contributed by atoms with Crippen molar-refractivity contribution >= 4 is 24.0 Å². The number of para-hydroxylation sites is 1. The molecule has 1 saturated heterocycles. The van der Waals surface area contributed by atoms with Crippen LogP contribution in [0, 0.1) is 5.92 Å². The Hall–Kier alpha value is -1.66. The fourth-order valence-electron chi connectivity index (χ4n) is 3.28. The average Bonchev–Trinajstić information content (AvgIpc) is 2.98. The van der Waals surface area contributed by atoms with E-state index < -0.39 is 0 Å². The highest BCUT2D eigenvalue weighted by molar-refractivity contribution is 6.32. The Morgan fingerprint density at radius 1 is 1.04 bits per heavy atom. The van der Waals surface area contributed by atoms with Gasteiger partial charge in [-0.25, -0.2) is 0 Å². The van der Waals surface area contributed by atoms with Crippen molar-refractivity contribution in [3.63, 3.8) is 0 Å². The van der Waals surface area contributed by atoms with Crippen LogP contribution in [0.3, 0.4) is 0 Å². The molecular weight excluding hydrogens is 399 g/mol. The van der Waals surface area contributed by atoms with Gasteiger partial charge in [0.05, 0.1) is 12.1 Å². The van der Waals surface area contributed by atoms with E-state index in [2.05, 4.69) is 17.9 Å². The Morgan fingerprint density at radius 2 is 1.75 bits per heavy atom. The highest BCUT2D eigenvalue weighted by Crippen LogP contribution is 2.29. The molecule has 2 atom stereocenters. The van der Waals surface area contributed by atoms with Gasteiger partial charge in [-0.05, 0) is 35.7 Å². The summed E-state index contributed by atoms with van der Waals surface area (Å²) in [4.78, 5) is 2.38. The van der Waals surface area contributed by atoms with Crippen LogP contribution in [-0.2, 0) is 6.54 Å². The summed E-state index contributed by atoms with van der Waals surface area (Å²) in [6.07, 6.45) is 0. The number of methoxy groups -OCH3 is 1. The molecule has 0 saturated carbocycles. The second-order valence-corrected chi connectivity index (χ2v) is 7.35. The van der Waals surface area contributed by atoms with Gasteiger partial charge in [-0.1, -0.05) is 36.7 Å². The smallest absolute Gasteiger partial charge is 0.161 e. The summed E-state index contributed by atoms with van der Waals surface area (Å²) < 4.78 is 17.0. The zero-order valence-corrected chi connectivity index (χ0v) is 17.8. The van der Waals surface area contributed by atoms with Gasteiger partial charge in [0.25, 0.3) is 0 Å². The molecule has 28 heavy (non-hydrogen) atoms. The number of benzene rings is 2. The number of nitrogens with zero attached hydrogens (tertiary/aromatic N) is 1. The largest absolute Gasteiger partial charge is 0.493 e. The first-order valence-electron chi connectivity index (χ1n) is 9.22. The lowest BCUT2D eigenvalue weighted by atomic mass is 10.1. The van der Waals surface area contributed by atoms with Crippen molar-refractivity contribution in [2.45, 2.75) is 19.5 Å². The van der Waals surface area contributed by atoms with Crippen LogP contribution in [-0.4, -0.2) is 44.4 Å². The maximum absolute atomic E-state index is 6.12. The van der Waals surface area contributed by atoms with Gasteiger partial charge in [0.1, 0.15) is 19.0 Å². The maximum atomic E-state index is 6.12. The molecule has 0 bridgehead atoms. The molecule has 1 aliphatic heterocycles. The Morgan fingerprint density at radius 3 is 2.39 bits per heavy atom. The second-order valence-electron chi connectivity index (χ2n) is 6.95. The minimum Gasteiger partial charge on any atom is -0.493 e. The lowest BCUT2D eigenvalue weighted by Gasteiger charge is -2.17. The van der Waals surface area contributed by atoms with Crippen LogP contribution in [0.15, 0.2) is 42.5 Å². The van der Waals surface area contributed by atoms with Gasteiger partial charge in [-0.2, -0.15) is 0 Å². The van der Waals surface area contributed by atoms with Crippen LogP contribution < -0.4 is 19.9 Å². The third kappa shape index (κ3) is 5.92. The summed E-state index contributed by atoms with van der Waals surface area (Å²) in [5.41, 5.74) is 7.30. The monoisotopic (exact) mass is 426 g/mol. The normalized spacial score (nSPS) is 19.1. The Labute approximate surface area is 178 Å². The third-order valence-electron chi connectivity index (χ3n) is 4.82. The predicted octanol–water partition coefficient (Wildman–Crippen LogP) is 4.01. The Balaban J connectivity index is 0.00000280. The standard InChI is InChI=1S/C21H27ClN2O3.ClH/c1-15-12-24(14-18(15)23)13-16-7-8-20(21(11-16)25-2)27-10-9-26-19-6-4-3-5-17(19)22;/h3-8,11,15,18H,9-10,12-14,23H2,1-2H3;1H. The van der Waals surface area contributed by atoms with E-state index in [0.717, 1.165) is 25.4 Å². The quantitative estimate of drug-likeness (QED) is 0.646. The molecule has 0 radical (unpaired) electrons. The fourth-order valence-corrected chi connectivity index (χ4v) is 3.47. The topological polar surface area (TPSA) is 57.0 Å². The minimum absolute atomic E-state index is 0. The summed E-state index contributed by atoms with van der Waals surface area (Å²) in [5, 5.41) is 0.593. The molecule has 7 heteroatoms. The molecule has 1 heterocycles.